The predicted octanol–water partition coefficient (Wildman–Crippen LogP) is 3.18. The zero-order valence-electron chi connectivity index (χ0n) is 11.5. The number of fused-ring (bicyclic) bond motifs is 1. The van der Waals surface area contributed by atoms with Gasteiger partial charge >= 0.3 is 5.69 Å². The van der Waals surface area contributed by atoms with Crippen LogP contribution in [0.5, 0.6) is 11.5 Å². The number of halogens is 1. The van der Waals surface area contributed by atoms with Crippen LogP contribution in [0.3, 0.4) is 0 Å². The second kappa shape index (κ2) is 5.98. The van der Waals surface area contributed by atoms with Crippen LogP contribution in [0.15, 0.2) is 36.4 Å². The molecule has 2 aromatic carbocycles. The van der Waals surface area contributed by atoms with Gasteiger partial charge in [-0.1, -0.05) is 12.1 Å². The van der Waals surface area contributed by atoms with E-state index in [4.69, 9.17) is 14.2 Å². The molecule has 0 amide bonds. The van der Waals surface area contributed by atoms with Crippen LogP contribution >= 0.6 is 0 Å². The standard InChI is InChI=1S/C15H12FNO5/c16-12-5-10-7-20-9-22-15(10)11(6-12)8-21-14-4-2-1-3-13(14)17(18)19/h1-6H,7-9H2. The number of nitro groups is 1. The fourth-order valence-electron chi connectivity index (χ4n) is 2.25. The van der Waals surface area contributed by atoms with Crippen LogP contribution in [0.25, 0.3) is 0 Å². The number of hydrogen-bond acceptors (Lipinski definition) is 5. The predicted molar refractivity (Wildman–Crippen MR) is 74.1 cm³/mol. The molecule has 1 heterocycles. The van der Waals surface area contributed by atoms with Crippen LogP contribution in [0.4, 0.5) is 10.1 Å². The van der Waals surface area contributed by atoms with Gasteiger partial charge in [0.25, 0.3) is 0 Å². The van der Waals surface area contributed by atoms with Gasteiger partial charge in [0.15, 0.2) is 12.5 Å². The molecular weight excluding hydrogens is 293 g/mol. The molecule has 0 saturated carbocycles. The Balaban J connectivity index is 1.86. The Morgan fingerprint density at radius 1 is 1.32 bits per heavy atom. The van der Waals surface area contributed by atoms with Gasteiger partial charge in [0, 0.05) is 17.2 Å². The van der Waals surface area contributed by atoms with Crippen molar-refractivity contribution in [2.75, 3.05) is 6.79 Å². The van der Waals surface area contributed by atoms with Gasteiger partial charge < -0.3 is 14.2 Å². The van der Waals surface area contributed by atoms with Crippen molar-refractivity contribution >= 4 is 5.69 Å². The van der Waals surface area contributed by atoms with E-state index >= 15 is 0 Å². The van der Waals surface area contributed by atoms with Crippen LogP contribution < -0.4 is 9.47 Å². The number of hydrogen-bond donors (Lipinski definition) is 0. The van der Waals surface area contributed by atoms with E-state index in [9.17, 15) is 14.5 Å². The molecule has 0 fully saturated rings. The molecule has 114 valence electrons. The van der Waals surface area contributed by atoms with Gasteiger partial charge in [-0.05, 0) is 18.2 Å². The number of benzene rings is 2. The summed E-state index contributed by atoms with van der Waals surface area (Å²) in [5.74, 6) is 0.192. The highest BCUT2D eigenvalue weighted by atomic mass is 19.1. The van der Waals surface area contributed by atoms with Crippen molar-refractivity contribution in [2.45, 2.75) is 13.2 Å². The first-order chi connectivity index (χ1) is 10.6. The van der Waals surface area contributed by atoms with Crippen LogP contribution in [0, 0.1) is 15.9 Å². The summed E-state index contributed by atoms with van der Waals surface area (Å²) in [6, 6.07) is 8.65. The van der Waals surface area contributed by atoms with Crippen molar-refractivity contribution in [1.29, 1.82) is 0 Å². The monoisotopic (exact) mass is 305 g/mol. The Bertz CT molecular complexity index is 719. The average molecular weight is 305 g/mol. The molecular formula is C15H12FNO5. The van der Waals surface area contributed by atoms with Gasteiger partial charge in [0.05, 0.1) is 11.5 Å². The maximum absolute atomic E-state index is 13.6. The number of nitro benzene ring substituents is 1. The molecule has 22 heavy (non-hydrogen) atoms. The van der Waals surface area contributed by atoms with E-state index < -0.39 is 10.7 Å². The molecule has 0 spiro atoms. The van der Waals surface area contributed by atoms with Crippen molar-refractivity contribution in [2.24, 2.45) is 0 Å². The molecule has 0 radical (unpaired) electrons. The zero-order valence-corrected chi connectivity index (χ0v) is 11.5. The lowest BCUT2D eigenvalue weighted by Crippen LogP contribution is -2.14. The van der Waals surface area contributed by atoms with Crippen LogP contribution in [0.1, 0.15) is 11.1 Å². The molecule has 0 aliphatic carbocycles. The van der Waals surface area contributed by atoms with Crippen LogP contribution in [0.2, 0.25) is 0 Å². The first kappa shape index (κ1) is 14.3. The van der Waals surface area contributed by atoms with E-state index in [0.717, 1.165) is 0 Å². The summed E-state index contributed by atoms with van der Waals surface area (Å²) in [6.45, 7) is 0.299. The van der Waals surface area contributed by atoms with Crippen molar-refractivity contribution in [3.63, 3.8) is 0 Å². The van der Waals surface area contributed by atoms with E-state index in [2.05, 4.69) is 0 Å². The van der Waals surface area contributed by atoms with Gasteiger partial charge in [0.1, 0.15) is 18.2 Å². The minimum Gasteiger partial charge on any atom is -0.482 e. The molecule has 1 aliphatic heterocycles. The Kier molecular flexibility index (Phi) is 3.88. The molecule has 6 nitrogen and oxygen atoms in total. The summed E-state index contributed by atoms with van der Waals surface area (Å²) in [7, 11) is 0. The van der Waals surface area contributed by atoms with Gasteiger partial charge in [-0.3, -0.25) is 10.1 Å². The normalized spacial score (nSPS) is 13.1. The number of rotatable bonds is 4. The highest BCUT2D eigenvalue weighted by molar-refractivity contribution is 5.47. The smallest absolute Gasteiger partial charge is 0.310 e. The minimum atomic E-state index is -0.527. The molecule has 0 bridgehead atoms. The van der Waals surface area contributed by atoms with Crippen molar-refractivity contribution in [3.05, 3.63) is 63.5 Å². The fraction of sp³-hybridized carbons (Fsp3) is 0.200. The van der Waals surface area contributed by atoms with Crippen molar-refractivity contribution < 1.29 is 23.5 Å². The van der Waals surface area contributed by atoms with Crippen LogP contribution in [-0.4, -0.2) is 11.7 Å². The lowest BCUT2D eigenvalue weighted by molar-refractivity contribution is -0.385. The fourth-order valence-corrected chi connectivity index (χ4v) is 2.25. The molecule has 7 heteroatoms. The summed E-state index contributed by atoms with van der Waals surface area (Å²) < 4.78 is 29.6. The molecule has 0 atom stereocenters. The molecule has 0 saturated heterocycles. The molecule has 0 N–H and O–H groups in total. The Labute approximate surface area is 125 Å². The molecule has 1 aliphatic rings. The van der Waals surface area contributed by atoms with Gasteiger partial charge in [0.2, 0.25) is 0 Å². The lowest BCUT2D eigenvalue weighted by atomic mass is 10.1. The van der Waals surface area contributed by atoms with E-state index in [1.54, 1.807) is 12.1 Å². The third-order valence-electron chi connectivity index (χ3n) is 3.20. The van der Waals surface area contributed by atoms with E-state index in [-0.39, 0.29) is 31.4 Å². The highest BCUT2D eigenvalue weighted by Crippen LogP contribution is 2.32. The first-order valence-corrected chi connectivity index (χ1v) is 6.53. The second-order valence-electron chi connectivity index (χ2n) is 4.68. The van der Waals surface area contributed by atoms with Gasteiger partial charge in [-0.25, -0.2) is 4.39 Å². The van der Waals surface area contributed by atoms with Crippen molar-refractivity contribution in [1.82, 2.24) is 0 Å². The number of ether oxygens (including phenoxy) is 3. The summed E-state index contributed by atoms with van der Waals surface area (Å²) in [6.07, 6.45) is 0. The summed E-state index contributed by atoms with van der Waals surface area (Å²) in [5, 5.41) is 10.9. The van der Waals surface area contributed by atoms with E-state index in [0.29, 0.717) is 16.9 Å². The maximum Gasteiger partial charge on any atom is 0.310 e. The summed E-state index contributed by atoms with van der Waals surface area (Å²) in [4.78, 5) is 10.4. The quantitative estimate of drug-likeness (QED) is 0.641. The lowest BCUT2D eigenvalue weighted by Gasteiger charge is -2.20. The van der Waals surface area contributed by atoms with Gasteiger partial charge in [-0.2, -0.15) is 0 Å². The number of para-hydroxylation sites is 2. The Morgan fingerprint density at radius 3 is 2.95 bits per heavy atom. The van der Waals surface area contributed by atoms with E-state index in [1.165, 1.54) is 24.3 Å². The summed E-state index contributed by atoms with van der Waals surface area (Å²) in [5.41, 5.74) is 0.931. The third kappa shape index (κ3) is 2.84. The number of nitrogens with zero attached hydrogens (tertiary/aromatic N) is 1. The van der Waals surface area contributed by atoms with Crippen LogP contribution in [-0.2, 0) is 18.0 Å². The Morgan fingerprint density at radius 2 is 2.14 bits per heavy atom. The SMILES string of the molecule is O=[N+]([O-])c1ccccc1OCc1cc(F)cc2c1OCOC2. The largest absolute Gasteiger partial charge is 0.482 e. The minimum absolute atomic E-state index is 0.0368. The Hall–Kier alpha value is -2.67. The second-order valence-corrected chi connectivity index (χ2v) is 4.68. The highest BCUT2D eigenvalue weighted by Gasteiger charge is 2.19. The summed E-state index contributed by atoms with van der Waals surface area (Å²) >= 11 is 0. The zero-order chi connectivity index (χ0) is 15.5. The van der Waals surface area contributed by atoms with Crippen molar-refractivity contribution in [3.8, 4) is 11.5 Å². The third-order valence-corrected chi connectivity index (χ3v) is 3.20. The molecule has 2 aromatic rings. The molecule has 3 rings (SSSR count). The molecule has 0 aromatic heterocycles. The van der Waals surface area contributed by atoms with E-state index in [1.807, 2.05) is 0 Å². The molecule has 0 unspecified atom stereocenters. The average Bonchev–Trinajstić information content (AvgIpc) is 2.52. The van der Waals surface area contributed by atoms with Gasteiger partial charge in [-0.15, -0.1) is 0 Å². The maximum atomic E-state index is 13.6. The topological polar surface area (TPSA) is 70.8 Å². The first-order valence-electron chi connectivity index (χ1n) is 6.53.